The predicted octanol–water partition coefficient (Wildman–Crippen LogP) is 2.87. The molecule has 0 aliphatic heterocycles. The lowest BCUT2D eigenvalue weighted by Crippen LogP contribution is -2.37. The van der Waals surface area contributed by atoms with Gasteiger partial charge in [-0.1, -0.05) is 18.6 Å². The molecule has 1 rings (SSSR count). The zero-order chi connectivity index (χ0) is 17.3. The number of amides is 2. The summed E-state index contributed by atoms with van der Waals surface area (Å²) in [5.74, 6) is -1.59. The number of alkyl halides is 3. The minimum absolute atomic E-state index is 0.0630. The van der Waals surface area contributed by atoms with Gasteiger partial charge in [-0.3, -0.25) is 9.59 Å². The van der Waals surface area contributed by atoms with E-state index in [0.29, 0.717) is 30.7 Å². The van der Waals surface area contributed by atoms with Crippen LogP contribution in [0.5, 0.6) is 5.75 Å². The summed E-state index contributed by atoms with van der Waals surface area (Å²) in [5.41, 5.74) is 0.567. The first-order valence-corrected chi connectivity index (χ1v) is 7.12. The van der Waals surface area contributed by atoms with Crippen molar-refractivity contribution in [3.05, 3.63) is 24.3 Å². The quantitative estimate of drug-likeness (QED) is 0.719. The molecule has 0 spiro atoms. The Morgan fingerprint density at radius 2 is 1.83 bits per heavy atom. The van der Waals surface area contributed by atoms with Gasteiger partial charge in [0.15, 0.2) is 0 Å². The lowest BCUT2D eigenvalue weighted by Gasteiger charge is -2.10. The third-order valence-corrected chi connectivity index (χ3v) is 3.00. The van der Waals surface area contributed by atoms with Crippen LogP contribution in [-0.2, 0) is 9.59 Å². The second-order valence-electron chi connectivity index (χ2n) is 4.81. The van der Waals surface area contributed by atoms with Crippen LogP contribution >= 0.6 is 0 Å². The van der Waals surface area contributed by atoms with Crippen molar-refractivity contribution in [1.82, 2.24) is 5.32 Å². The van der Waals surface area contributed by atoms with Crippen LogP contribution in [0.4, 0.5) is 18.9 Å². The molecule has 1 aromatic rings. The van der Waals surface area contributed by atoms with Crippen molar-refractivity contribution in [3.8, 4) is 5.75 Å². The van der Waals surface area contributed by atoms with Gasteiger partial charge in [-0.15, -0.1) is 0 Å². The number of rotatable bonds is 8. The summed E-state index contributed by atoms with van der Waals surface area (Å²) >= 11 is 0. The standard InChI is InChI=1S/C15H19F3N2O3/c1-23-12-8-5-4-7-11(12)20-13(21)9-3-2-6-10-19-14(22)15(16,17)18/h4-5,7-8H,2-3,6,9-10H2,1H3,(H,19,22)(H,20,21). The first kappa shape index (κ1) is 18.8. The lowest BCUT2D eigenvalue weighted by atomic mass is 10.2. The van der Waals surface area contributed by atoms with Crippen LogP contribution in [0.25, 0.3) is 0 Å². The van der Waals surface area contributed by atoms with Crippen LogP contribution in [0, 0.1) is 0 Å². The van der Waals surface area contributed by atoms with E-state index in [2.05, 4.69) is 5.32 Å². The summed E-state index contributed by atoms with van der Waals surface area (Å²) in [5, 5.41) is 4.49. The van der Waals surface area contributed by atoms with E-state index in [1.807, 2.05) is 0 Å². The number of anilines is 1. The highest BCUT2D eigenvalue weighted by molar-refractivity contribution is 5.92. The van der Waals surface area contributed by atoms with Gasteiger partial charge >= 0.3 is 12.1 Å². The number of hydrogen-bond acceptors (Lipinski definition) is 3. The van der Waals surface area contributed by atoms with Crippen LogP contribution in [0.2, 0.25) is 0 Å². The molecule has 0 unspecified atom stereocenters. The normalized spacial score (nSPS) is 11.0. The van der Waals surface area contributed by atoms with E-state index in [9.17, 15) is 22.8 Å². The Morgan fingerprint density at radius 3 is 2.48 bits per heavy atom. The summed E-state index contributed by atoms with van der Waals surface area (Å²) in [6.45, 7) is -0.0630. The highest BCUT2D eigenvalue weighted by Crippen LogP contribution is 2.23. The summed E-state index contributed by atoms with van der Waals surface area (Å²) in [4.78, 5) is 22.3. The zero-order valence-corrected chi connectivity index (χ0v) is 12.7. The Bertz CT molecular complexity index is 533. The number of methoxy groups -OCH3 is 1. The van der Waals surface area contributed by atoms with E-state index >= 15 is 0 Å². The molecule has 0 atom stereocenters. The third kappa shape index (κ3) is 7.03. The van der Waals surface area contributed by atoms with Crippen molar-refractivity contribution in [1.29, 1.82) is 0 Å². The summed E-state index contributed by atoms with van der Waals surface area (Å²) in [7, 11) is 1.50. The van der Waals surface area contributed by atoms with Gasteiger partial charge in [0.2, 0.25) is 5.91 Å². The number of halogens is 3. The molecule has 0 aliphatic carbocycles. The molecule has 0 bridgehead atoms. The molecule has 128 valence electrons. The van der Waals surface area contributed by atoms with Gasteiger partial charge in [-0.05, 0) is 25.0 Å². The van der Waals surface area contributed by atoms with E-state index < -0.39 is 12.1 Å². The molecule has 0 saturated heterocycles. The molecule has 0 saturated carbocycles. The Morgan fingerprint density at radius 1 is 1.13 bits per heavy atom. The molecular weight excluding hydrogens is 313 g/mol. The van der Waals surface area contributed by atoms with E-state index in [1.165, 1.54) is 7.11 Å². The summed E-state index contributed by atoms with van der Waals surface area (Å²) in [6, 6.07) is 6.98. The number of nitrogens with one attached hydrogen (secondary N) is 2. The van der Waals surface area contributed by atoms with E-state index in [4.69, 9.17) is 4.74 Å². The maximum absolute atomic E-state index is 11.9. The van der Waals surface area contributed by atoms with Gasteiger partial charge < -0.3 is 15.4 Å². The number of ether oxygens (including phenoxy) is 1. The molecule has 0 radical (unpaired) electrons. The van der Waals surface area contributed by atoms with E-state index in [1.54, 1.807) is 29.6 Å². The van der Waals surface area contributed by atoms with Crippen LogP contribution in [0.1, 0.15) is 25.7 Å². The fourth-order valence-electron chi connectivity index (χ4n) is 1.85. The van der Waals surface area contributed by atoms with E-state index in [-0.39, 0.29) is 18.9 Å². The molecule has 2 N–H and O–H groups in total. The Labute approximate surface area is 132 Å². The minimum Gasteiger partial charge on any atom is -0.495 e. The first-order valence-electron chi connectivity index (χ1n) is 7.12. The molecule has 0 aliphatic rings. The third-order valence-electron chi connectivity index (χ3n) is 3.00. The highest BCUT2D eigenvalue weighted by atomic mass is 19.4. The first-order chi connectivity index (χ1) is 10.8. The monoisotopic (exact) mass is 332 g/mol. The van der Waals surface area contributed by atoms with Crippen LogP contribution in [0.3, 0.4) is 0 Å². The Hall–Kier alpha value is -2.25. The number of carbonyl (C=O) groups excluding carboxylic acids is 2. The molecule has 23 heavy (non-hydrogen) atoms. The Kier molecular flexibility index (Phi) is 7.37. The van der Waals surface area contributed by atoms with Gasteiger partial charge in [0, 0.05) is 13.0 Å². The van der Waals surface area contributed by atoms with Crippen molar-refractivity contribution >= 4 is 17.5 Å². The second kappa shape index (κ2) is 9.02. The summed E-state index contributed by atoms with van der Waals surface area (Å²) in [6.07, 6.45) is -3.18. The molecule has 0 fully saturated rings. The van der Waals surface area contributed by atoms with Crippen molar-refractivity contribution in [2.45, 2.75) is 31.9 Å². The number of benzene rings is 1. The SMILES string of the molecule is COc1ccccc1NC(=O)CCCCCNC(=O)C(F)(F)F. The maximum Gasteiger partial charge on any atom is 0.471 e. The molecule has 1 aromatic carbocycles. The second-order valence-corrected chi connectivity index (χ2v) is 4.81. The fourth-order valence-corrected chi connectivity index (χ4v) is 1.85. The maximum atomic E-state index is 11.9. The topological polar surface area (TPSA) is 67.4 Å². The number of carbonyl (C=O) groups is 2. The molecule has 0 heterocycles. The molecular formula is C15H19F3N2O3. The average Bonchev–Trinajstić information content (AvgIpc) is 2.50. The van der Waals surface area contributed by atoms with Crippen molar-refractivity contribution < 1.29 is 27.5 Å². The van der Waals surface area contributed by atoms with Crippen molar-refractivity contribution in [2.24, 2.45) is 0 Å². The number of unbranched alkanes of at least 4 members (excludes halogenated alkanes) is 2. The van der Waals surface area contributed by atoms with Gasteiger partial charge in [-0.25, -0.2) is 0 Å². The van der Waals surface area contributed by atoms with Gasteiger partial charge in [0.25, 0.3) is 0 Å². The number of para-hydroxylation sites is 2. The lowest BCUT2D eigenvalue weighted by molar-refractivity contribution is -0.173. The Balaban J connectivity index is 2.19. The molecule has 2 amide bonds. The summed E-state index contributed by atoms with van der Waals surface area (Å²) < 4.78 is 40.9. The zero-order valence-electron chi connectivity index (χ0n) is 12.7. The average molecular weight is 332 g/mol. The van der Waals surface area contributed by atoms with Crippen molar-refractivity contribution in [2.75, 3.05) is 19.0 Å². The molecule has 5 nitrogen and oxygen atoms in total. The van der Waals surface area contributed by atoms with Crippen LogP contribution in [-0.4, -0.2) is 31.6 Å². The number of hydrogen-bond donors (Lipinski definition) is 2. The van der Waals surface area contributed by atoms with E-state index in [0.717, 1.165) is 0 Å². The van der Waals surface area contributed by atoms with Crippen LogP contribution in [0.15, 0.2) is 24.3 Å². The van der Waals surface area contributed by atoms with Gasteiger partial charge in [0.05, 0.1) is 12.8 Å². The van der Waals surface area contributed by atoms with Crippen molar-refractivity contribution in [3.63, 3.8) is 0 Å². The van der Waals surface area contributed by atoms with Gasteiger partial charge in [0.1, 0.15) is 5.75 Å². The fraction of sp³-hybridized carbons (Fsp3) is 0.467. The predicted molar refractivity (Wildman–Crippen MR) is 79.2 cm³/mol. The molecule has 0 aromatic heterocycles. The van der Waals surface area contributed by atoms with Gasteiger partial charge in [-0.2, -0.15) is 13.2 Å². The highest BCUT2D eigenvalue weighted by Gasteiger charge is 2.38. The smallest absolute Gasteiger partial charge is 0.471 e. The minimum atomic E-state index is -4.85. The molecule has 8 heteroatoms. The van der Waals surface area contributed by atoms with Crippen LogP contribution < -0.4 is 15.4 Å². The largest absolute Gasteiger partial charge is 0.495 e.